The number of aromatic nitrogens is 3. The lowest BCUT2D eigenvalue weighted by molar-refractivity contribution is 0.546. The first kappa shape index (κ1) is 11.8. The van der Waals surface area contributed by atoms with E-state index in [0.29, 0.717) is 6.04 Å². The van der Waals surface area contributed by atoms with E-state index in [-0.39, 0.29) is 0 Å². The van der Waals surface area contributed by atoms with Gasteiger partial charge in [0.1, 0.15) is 0 Å². The third-order valence-corrected chi connectivity index (χ3v) is 2.97. The second kappa shape index (κ2) is 5.10. The molecule has 0 aliphatic heterocycles. The predicted octanol–water partition coefficient (Wildman–Crippen LogP) is 1.97. The van der Waals surface area contributed by atoms with Crippen molar-refractivity contribution < 1.29 is 0 Å². The Kier molecular flexibility index (Phi) is 3.54. The van der Waals surface area contributed by atoms with Crippen molar-refractivity contribution in [3.05, 3.63) is 47.3 Å². The van der Waals surface area contributed by atoms with Gasteiger partial charge in [0.2, 0.25) is 0 Å². The summed E-state index contributed by atoms with van der Waals surface area (Å²) in [5.74, 6) is 0. The topological polar surface area (TPSA) is 42.7 Å². The largest absolute Gasteiger partial charge is 0.305 e. The summed E-state index contributed by atoms with van der Waals surface area (Å²) in [5, 5.41) is 11.2. The molecular weight excluding hydrogens is 212 g/mol. The van der Waals surface area contributed by atoms with Crippen molar-refractivity contribution in [1.82, 2.24) is 20.3 Å². The molecule has 1 atom stereocenters. The smallest absolute Gasteiger partial charge is 0.0738 e. The van der Waals surface area contributed by atoms with Crippen molar-refractivity contribution in [2.75, 3.05) is 0 Å². The Bertz CT molecular complexity index is 472. The van der Waals surface area contributed by atoms with Crippen LogP contribution in [0.5, 0.6) is 0 Å². The summed E-state index contributed by atoms with van der Waals surface area (Å²) in [4.78, 5) is 0. The highest BCUT2D eigenvalue weighted by atomic mass is 15.4. The number of hydrogen-bond acceptors (Lipinski definition) is 3. The van der Waals surface area contributed by atoms with E-state index in [2.05, 4.69) is 53.7 Å². The summed E-state index contributed by atoms with van der Waals surface area (Å²) in [6.07, 6.45) is 1.79. The first-order valence-corrected chi connectivity index (χ1v) is 5.80. The summed E-state index contributed by atoms with van der Waals surface area (Å²) >= 11 is 0. The van der Waals surface area contributed by atoms with Crippen LogP contribution >= 0.6 is 0 Å². The van der Waals surface area contributed by atoms with E-state index >= 15 is 0 Å². The van der Waals surface area contributed by atoms with Gasteiger partial charge in [-0.3, -0.25) is 4.68 Å². The molecule has 0 saturated carbocycles. The molecule has 0 spiro atoms. The van der Waals surface area contributed by atoms with Gasteiger partial charge in [-0.1, -0.05) is 35.0 Å². The molecule has 2 aromatic rings. The lowest BCUT2D eigenvalue weighted by atomic mass is 10.1. The van der Waals surface area contributed by atoms with Gasteiger partial charge in [0.05, 0.1) is 11.9 Å². The van der Waals surface area contributed by atoms with Gasteiger partial charge in [-0.15, -0.1) is 5.10 Å². The Morgan fingerprint density at radius 3 is 2.59 bits per heavy atom. The molecule has 90 valence electrons. The number of nitrogens with zero attached hydrogens (tertiary/aromatic N) is 3. The van der Waals surface area contributed by atoms with Crippen molar-refractivity contribution >= 4 is 0 Å². The fourth-order valence-corrected chi connectivity index (χ4v) is 1.70. The van der Waals surface area contributed by atoms with Gasteiger partial charge in [0.25, 0.3) is 0 Å². The lowest BCUT2D eigenvalue weighted by Gasteiger charge is -2.14. The Morgan fingerprint density at radius 2 is 2.00 bits per heavy atom. The molecule has 4 nitrogen and oxygen atoms in total. The average Bonchev–Trinajstić information content (AvgIpc) is 2.73. The Labute approximate surface area is 102 Å². The van der Waals surface area contributed by atoms with Crippen LogP contribution in [0.1, 0.15) is 29.8 Å². The quantitative estimate of drug-likeness (QED) is 0.873. The van der Waals surface area contributed by atoms with E-state index in [9.17, 15) is 0 Å². The number of hydrogen-bond donors (Lipinski definition) is 1. The number of benzene rings is 1. The molecule has 0 bridgehead atoms. The van der Waals surface area contributed by atoms with Crippen LogP contribution in [-0.2, 0) is 13.6 Å². The van der Waals surface area contributed by atoms with Crippen molar-refractivity contribution in [1.29, 1.82) is 0 Å². The molecule has 17 heavy (non-hydrogen) atoms. The highest BCUT2D eigenvalue weighted by Crippen LogP contribution is 2.13. The number of nitrogens with one attached hydrogen (secondary N) is 1. The molecule has 1 aromatic carbocycles. The van der Waals surface area contributed by atoms with Gasteiger partial charge in [0.15, 0.2) is 0 Å². The van der Waals surface area contributed by atoms with Crippen LogP contribution in [0.25, 0.3) is 0 Å². The summed E-state index contributed by atoms with van der Waals surface area (Å²) in [6, 6.07) is 8.92. The molecule has 2 rings (SSSR count). The molecule has 0 amide bonds. The van der Waals surface area contributed by atoms with Gasteiger partial charge in [-0.2, -0.15) is 0 Å². The zero-order valence-electron chi connectivity index (χ0n) is 10.5. The lowest BCUT2D eigenvalue weighted by Crippen LogP contribution is -2.19. The van der Waals surface area contributed by atoms with E-state index in [1.807, 2.05) is 7.05 Å². The summed E-state index contributed by atoms with van der Waals surface area (Å²) in [5.41, 5.74) is 3.67. The molecule has 1 aromatic heterocycles. The first-order valence-electron chi connectivity index (χ1n) is 5.80. The predicted molar refractivity (Wildman–Crippen MR) is 67.4 cm³/mol. The third kappa shape index (κ3) is 2.91. The molecule has 4 heteroatoms. The molecule has 0 aliphatic rings. The van der Waals surface area contributed by atoms with Crippen LogP contribution in [0.2, 0.25) is 0 Å². The first-order chi connectivity index (χ1) is 8.16. The SMILES string of the molecule is Cc1ccc([C@H](C)NCc2cnnn2C)cc1. The van der Waals surface area contributed by atoms with Crippen LogP contribution in [0.4, 0.5) is 0 Å². The molecule has 0 radical (unpaired) electrons. The monoisotopic (exact) mass is 230 g/mol. The molecule has 0 unspecified atom stereocenters. The van der Waals surface area contributed by atoms with Crippen LogP contribution in [-0.4, -0.2) is 15.0 Å². The van der Waals surface area contributed by atoms with Crippen molar-refractivity contribution in [2.45, 2.75) is 26.4 Å². The Morgan fingerprint density at radius 1 is 1.29 bits per heavy atom. The standard InChI is InChI=1S/C13H18N4/c1-10-4-6-12(7-5-10)11(2)14-8-13-9-15-16-17(13)3/h4-7,9,11,14H,8H2,1-3H3/t11-/m0/s1. The van der Waals surface area contributed by atoms with E-state index in [4.69, 9.17) is 0 Å². The fourth-order valence-electron chi connectivity index (χ4n) is 1.70. The number of rotatable bonds is 4. The molecule has 1 heterocycles. The summed E-state index contributed by atoms with van der Waals surface area (Å²) < 4.78 is 1.79. The van der Waals surface area contributed by atoms with E-state index in [1.165, 1.54) is 11.1 Å². The van der Waals surface area contributed by atoms with E-state index in [0.717, 1.165) is 12.2 Å². The van der Waals surface area contributed by atoms with E-state index < -0.39 is 0 Å². The van der Waals surface area contributed by atoms with Crippen LogP contribution in [0, 0.1) is 6.92 Å². The zero-order chi connectivity index (χ0) is 12.3. The van der Waals surface area contributed by atoms with Crippen LogP contribution in [0.15, 0.2) is 30.5 Å². The highest BCUT2D eigenvalue weighted by Gasteiger charge is 2.06. The fraction of sp³-hybridized carbons (Fsp3) is 0.385. The Hall–Kier alpha value is -1.68. The zero-order valence-corrected chi connectivity index (χ0v) is 10.5. The third-order valence-electron chi connectivity index (χ3n) is 2.97. The van der Waals surface area contributed by atoms with Gasteiger partial charge in [-0.05, 0) is 19.4 Å². The average molecular weight is 230 g/mol. The van der Waals surface area contributed by atoms with Crippen molar-refractivity contribution in [2.24, 2.45) is 7.05 Å². The maximum Gasteiger partial charge on any atom is 0.0738 e. The minimum absolute atomic E-state index is 0.325. The normalized spacial score (nSPS) is 12.6. The van der Waals surface area contributed by atoms with Gasteiger partial charge >= 0.3 is 0 Å². The second-order valence-electron chi connectivity index (χ2n) is 4.36. The van der Waals surface area contributed by atoms with Gasteiger partial charge in [0, 0.05) is 19.6 Å². The molecule has 0 saturated heterocycles. The minimum atomic E-state index is 0.325. The maximum absolute atomic E-state index is 3.91. The Balaban J connectivity index is 1.95. The highest BCUT2D eigenvalue weighted by molar-refractivity contribution is 5.23. The molecule has 0 aliphatic carbocycles. The summed E-state index contributed by atoms with van der Waals surface area (Å²) in [6.45, 7) is 5.04. The minimum Gasteiger partial charge on any atom is -0.305 e. The van der Waals surface area contributed by atoms with Crippen LogP contribution < -0.4 is 5.32 Å². The maximum atomic E-state index is 3.91. The van der Waals surface area contributed by atoms with E-state index in [1.54, 1.807) is 10.9 Å². The second-order valence-corrected chi connectivity index (χ2v) is 4.36. The molecule has 1 N–H and O–H groups in total. The van der Waals surface area contributed by atoms with Crippen LogP contribution in [0.3, 0.4) is 0 Å². The van der Waals surface area contributed by atoms with Crippen molar-refractivity contribution in [3.8, 4) is 0 Å². The van der Waals surface area contributed by atoms with Gasteiger partial charge in [-0.25, -0.2) is 0 Å². The molecular formula is C13H18N4. The van der Waals surface area contributed by atoms with Gasteiger partial charge < -0.3 is 5.32 Å². The molecule has 0 fully saturated rings. The van der Waals surface area contributed by atoms with Crippen molar-refractivity contribution in [3.63, 3.8) is 0 Å². The summed E-state index contributed by atoms with van der Waals surface area (Å²) in [7, 11) is 1.90. The number of aryl methyl sites for hydroxylation is 2.